The summed E-state index contributed by atoms with van der Waals surface area (Å²) in [6.07, 6.45) is 1.63. The zero-order valence-corrected chi connectivity index (χ0v) is 6.27. The number of para-hydroxylation sites is 2. The summed E-state index contributed by atoms with van der Waals surface area (Å²) in [6, 6.07) is 9.74. The van der Waals surface area contributed by atoms with Gasteiger partial charge in [-0.15, -0.1) is 0 Å². The highest BCUT2D eigenvalue weighted by molar-refractivity contribution is 5.79. The Morgan fingerprint density at radius 3 is 3.08 bits per heavy atom. The fourth-order valence-corrected chi connectivity index (χ4v) is 1.39. The zero-order chi connectivity index (χ0) is 7.97. The van der Waals surface area contributed by atoms with Crippen molar-refractivity contribution in [3.63, 3.8) is 0 Å². The highest BCUT2D eigenvalue weighted by atomic mass is 16.5. The maximum atomic E-state index is 5.23. The standard InChI is InChI=1S/C9H6N2O/c1-2-4-8-7(3-1)10-9-5-6-12-11(8)9/h1-6H. The number of imidazole rings is 1. The second-order valence-corrected chi connectivity index (χ2v) is 2.66. The molecule has 2 aromatic heterocycles. The van der Waals surface area contributed by atoms with Crippen molar-refractivity contribution < 1.29 is 4.52 Å². The van der Waals surface area contributed by atoms with Gasteiger partial charge in [0.2, 0.25) is 0 Å². The van der Waals surface area contributed by atoms with E-state index in [0.29, 0.717) is 0 Å². The van der Waals surface area contributed by atoms with Gasteiger partial charge in [-0.25, -0.2) is 4.98 Å². The second kappa shape index (κ2) is 1.88. The minimum Gasteiger partial charge on any atom is -0.381 e. The Bertz CT molecular complexity index is 534. The summed E-state index contributed by atoms with van der Waals surface area (Å²) < 4.78 is 6.94. The Morgan fingerprint density at radius 2 is 2.08 bits per heavy atom. The lowest BCUT2D eigenvalue weighted by Gasteiger charge is -1.85. The van der Waals surface area contributed by atoms with Crippen LogP contribution in [0.5, 0.6) is 0 Å². The highest BCUT2D eigenvalue weighted by Crippen LogP contribution is 2.15. The van der Waals surface area contributed by atoms with Gasteiger partial charge in [-0.05, 0) is 12.1 Å². The van der Waals surface area contributed by atoms with E-state index >= 15 is 0 Å². The molecule has 0 bridgehead atoms. The van der Waals surface area contributed by atoms with Gasteiger partial charge in [0.1, 0.15) is 11.8 Å². The largest absolute Gasteiger partial charge is 0.381 e. The number of aromatic nitrogens is 2. The van der Waals surface area contributed by atoms with Gasteiger partial charge < -0.3 is 4.52 Å². The number of benzene rings is 1. The van der Waals surface area contributed by atoms with Crippen LogP contribution >= 0.6 is 0 Å². The van der Waals surface area contributed by atoms with Crippen LogP contribution in [-0.2, 0) is 0 Å². The fraction of sp³-hybridized carbons (Fsp3) is 0. The fourth-order valence-electron chi connectivity index (χ4n) is 1.39. The SMILES string of the molecule is c1ccc2c(c1)nc1ccon12. The van der Waals surface area contributed by atoms with Gasteiger partial charge in [0.15, 0.2) is 5.65 Å². The summed E-state index contributed by atoms with van der Waals surface area (Å²) in [7, 11) is 0. The van der Waals surface area contributed by atoms with Crippen LogP contribution in [0.4, 0.5) is 0 Å². The Balaban J connectivity index is 2.68. The summed E-state index contributed by atoms with van der Waals surface area (Å²) in [5, 5.41) is 0. The van der Waals surface area contributed by atoms with Crippen molar-refractivity contribution in [2.75, 3.05) is 0 Å². The molecule has 3 nitrogen and oxygen atoms in total. The van der Waals surface area contributed by atoms with Crippen molar-refractivity contribution in [3.8, 4) is 0 Å². The number of hydrogen-bond donors (Lipinski definition) is 0. The summed E-state index contributed by atoms with van der Waals surface area (Å²) >= 11 is 0. The lowest BCUT2D eigenvalue weighted by Crippen LogP contribution is -1.73. The third-order valence-electron chi connectivity index (χ3n) is 1.93. The molecule has 0 spiro atoms. The highest BCUT2D eigenvalue weighted by Gasteiger charge is 2.03. The van der Waals surface area contributed by atoms with E-state index in [4.69, 9.17) is 4.52 Å². The monoisotopic (exact) mass is 158 g/mol. The van der Waals surface area contributed by atoms with E-state index in [1.54, 1.807) is 10.8 Å². The molecule has 0 unspecified atom stereocenters. The molecule has 0 aliphatic carbocycles. The molecule has 0 aliphatic heterocycles. The topological polar surface area (TPSA) is 30.4 Å². The van der Waals surface area contributed by atoms with Gasteiger partial charge >= 0.3 is 0 Å². The van der Waals surface area contributed by atoms with Gasteiger partial charge in [-0.2, -0.15) is 4.57 Å². The zero-order valence-electron chi connectivity index (χ0n) is 6.27. The van der Waals surface area contributed by atoms with E-state index in [9.17, 15) is 0 Å². The predicted molar refractivity (Wildman–Crippen MR) is 45.0 cm³/mol. The van der Waals surface area contributed by atoms with Crippen molar-refractivity contribution in [2.24, 2.45) is 0 Å². The lowest BCUT2D eigenvalue weighted by atomic mass is 10.3. The maximum absolute atomic E-state index is 5.23. The second-order valence-electron chi connectivity index (χ2n) is 2.66. The Morgan fingerprint density at radius 1 is 1.17 bits per heavy atom. The van der Waals surface area contributed by atoms with Crippen molar-refractivity contribution in [3.05, 3.63) is 36.6 Å². The molecule has 0 amide bonds. The molecular weight excluding hydrogens is 152 g/mol. The molecule has 0 radical (unpaired) electrons. The third kappa shape index (κ3) is 0.580. The summed E-state index contributed by atoms with van der Waals surface area (Å²) in [5.41, 5.74) is 2.84. The molecule has 0 aliphatic rings. The molecule has 0 saturated carbocycles. The summed E-state index contributed by atoms with van der Waals surface area (Å²) in [4.78, 5) is 4.34. The molecule has 12 heavy (non-hydrogen) atoms. The first-order chi connectivity index (χ1) is 5.95. The quantitative estimate of drug-likeness (QED) is 0.501. The Labute approximate surface area is 68.2 Å². The number of nitrogens with zero attached hydrogens (tertiary/aromatic N) is 2. The van der Waals surface area contributed by atoms with E-state index < -0.39 is 0 Å². The maximum Gasteiger partial charge on any atom is 0.173 e. The molecule has 0 fully saturated rings. The van der Waals surface area contributed by atoms with E-state index in [1.165, 1.54) is 0 Å². The molecular formula is C9H6N2O. The van der Waals surface area contributed by atoms with Gasteiger partial charge in [0.05, 0.1) is 5.52 Å². The van der Waals surface area contributed by atoms with Gasteiger partial charge in [0.25, 0.3) is 0 Å². The van der Waals surface area contributed by atoms with E-state index in [0.717, 1.165) is 16.7 Å². The molecule has 3 rings (SSSR count). The average molecular weight is 158 g/mol. The van der Waals surface area contributed by atoms with Crippen molar-refractivity contribution >= 4 is 16.7 Å². The van der Waals surface area contributed by atoms with Crippen LogP contribution in [0.1, 0.15) is 0 Å². The molecule has 3 aromatic rings. The molecule has 2 heterocycles. The first-order valence-corrected chi connectivity index (χ1v) is 3.76. The first-order valence-electron chi connectivity index (χ1n) is 3.76. The third-order valence-corrected chi connectivity index (χ3v) is 1.93. The molecule has 1 aromatic carbocycles. The minimum atomic E-state index is 0.858. The minimum absolute atomic E-state index is 0.858. The van der Waals surface area contributed by atoms with Gasteiger partial charge in [0, 0.05) is 6.07 Å². The van der Waals surface area contributed by atoms with Crippen LogP contribution in [0.3, 0.4) is 0 Å². The summed E-state index contributed by atoms with van der Waals surface area (Å²) in [6.45, 7) is 0. The average Bonchev–Trinajstić information content (AvgIpc) is 2.62. The predicted octanol–water partition coefficient (Wildman–Crippen LogP) is 2.08. The summed E-state index contributed by atoms with van der Waals surface area (Å²) in [5.74, 6) is 0. The van der Waals surface area contributed by atoms with E-state index in [2.05, 4.69) is 4.98 Å². The van der Waals surface area contributed by atoms with Crippen LogP contribution in [0.15, 0.2) is 41.1 Å². The van der Waals surface area contributed by atoms with Crippen molar-refractivity contribution in [2.45, 2.75) is 0 Å². The Hall–Kier alpha value is -1.77. The molecule has 3 heteroatoms. The van der Waals surface area contributed by atoms with Crippen LogP contribution in [0.2, 0.25) is 0 Å². The number of hydrogen-bond acceptors (Lipinski definition) is 2. The van der Waals surface area contributed by atoms with Crippen LogP contribution in [-0.4, -0.2) is 9.56 Å². The molecule has 0 saturated heterocycles. The van der Waals surface area contributed by atoms with Crippen LogP contribution < -0.4 is 0 Å². The number of rotatable bonds is 0. The van der Waals surface area contributed by atoms with Crippen molar-refractivity contribution in [1.82, 2.24) is 9.56 Å². The Kier molecular flexibility index (Phi) is 0.913. The molecule has 0 atom stereocenters. The van der Waals surface area contributed by atoms with E-state index in [1.807, 2.05) is 30.3 Å². The molecule has 58 valence electrons. The lowest BCUT2D eigenvalue weighted by molar-refractivity contribution is 0.388. The first kappa shape index (κ1) is 5.83. The van der Waals surface area contributed by atoms with Crippen molar-refractivity contribution in [1.29, 1.82) is 0 Å². The normalized spacial score (nSPS) is 11.3. The smallest absolute Gasteiger partial charge is 0.173 e. The van der Waals surface area contributed by atoms with Crippen LogP contribution in [0, 0.1) is 0 Å². The van der Waals surface area contributed by atoms with Gasteiger partial charge in [-0.1, -0.05) is 12.1 Å². The number of fused-ring (bicyclic) bond motifs is 3. The molecule has 0 N–H and O–H groups in total. The van der Waals surface area contributed by atoms with E-state index in [-0.39, 0.29) is 0 Å². The van der Waals surface area contributed by atoms with Crippen LogP contribution in [0.25, 0.3) is 16.7 Å². The van der Waals surface area contributed by atoms with Gasteiger partial charge in [-0.3, -0.25) is 0 Å².